The third kappa shape index (κ3) is 3.20. The van der Waals surface area contributed by atoms with Crippen molar-refractivity contribution in [2.24, 2.45) is 4.99 Å². The van der Waals surface area contributed by atoms with Crippen molar-refractivity contribution in [3.05, 3.63) is 49.4 Å². The molecule has 0 aliphatic heterocycles. The van der Waals surface area contributed by atoms with Crippen LogP contribution in [0.1, 0.15) is 19.4 Å². The summed E-state index contributed by atoms with van der Waals surface area (Å²) in [5.74, 6) is -0.150. The Bertz CT molecular complexity index is 822. The Balaban J connectivity index is 2.58. The lowest BCUT2D eigenvalue weighted by Gasteiger charge is -2.13. The number of halogens is 1. The molecule has 0 atom stereocenters. The molecule has 0 radical (unpaired) electrons. The second kappa shape index (κ2) is 7.02. The number of aromatic hydroxyl groups is 1. The van der Waals surface area contributed by atoms with Crippen LogP contribution in [-0.2, 0) is 13.1 Å². The lowest BCUT2D eigenvalue weighted by molar-refractivity contribution is 0.399. The maximum absolute atomic E-state index is 12.4. The summed E-state index contributed by atoms with van der Waals surface area (Å²) < 4.78 is 4.22. The Morgan fingerprint density at radius 2 is 1.82 bits per heavy atom. The predicted molar refractivity (Wildman–Crippen MR) is 93.9 cm³/mol. The Labute approximate surface area is 141 Å². The van der Waals surface area contributed by atoms with Gasteiger partial charge in [0.2, 0.25) is 5.88 Å². The van der Waals surface area contributed by atoms with Crippen LogP contribution in [0.15, 0.2) is 38.5 Å². The second-order valence-corrected chi connectivity index (χ2v) is 5.83. The molecule has 2 aromatic rings. The third-order valence-corrected chi connectivity index (χ3v) is 4.21. The van der Waals surface area contributed by atoms with Gasteiger partial charge in [-0.15, -0.1) is 0 Å². The fraction of sp³-hybridized carbons (Fsp3) is 0.267. The first-order valence-corrected chi connectivity index (χ1v) is 8.06. The molecule has 0 aliphatic rings. The molecular formula is C15H16BrN3O2S. The van der Waals surface area contributed by atoms with Crippen molar-refractivity contribution < 1.29 is 5.11 Å². The molecule has 5 nitrogen and oxygen atoms in total. The van der Waals surface area contributed by atoms with Gasteiger partial charge in [0.05, 0.1) is 5.69 Å². The Morgan fingerprint density at radius 1 is 1.23 bits per heavy atom. The van der Waals surface area contributed by atoms with Crippen LogP contribution >= 0.6 is 28.1 Å². The predicted octanol–water partition coefficient (Wildman–Crippen LogP) is 3.64. The smallest absolute Gasteiger partial charge is 0.267 e. The van der Waals surface area contributed by atoms with E-state index in [2.05, 4.69) is 20.9 Å². The van der Waals surface area contributed by atoms with Crippen molar-refractivity contribution in [3.8, 4) is 5.88 Å². The van der Waals surface area contributed by atoms with Crippen molar-refractivity contribution in [2.45, 2.75) is 26.9 Å². The fourth-order valence-electron chi connectivity index (χ4n) is 2.05. The Kier molecular flexibility index (Phi) is 5.31. The molecule has 1 heterocycles. The standard InChI is InChI=1S/C15H16BrN3O2S/c1-3-18-13(20)12(14(21)19(4-2)15(18)22)9-17-11-7-5-10(16)6-8-11/h5-9,20H,3-4H2,1-2H3. The summed E-state index contributed by atoms with van der Waals surface area (Å²) in [6, 6.07) is 7.33. The SMILES string of the molecule is CCn1c(O)c(C=Nc2ccc(Br)cc2)c(=O)n(CC)c1=S. The summed E-state index contributed by atoms with van der Waals surface area (Å²) in [5, 5.41) is 10.3. The van der Waals surface area contributed by atoms with Crippen molar-refractivity contribution in [3.63, 3.8) is 0 Å². The van der Waals surface area contributed by atoms with Gasteiger partial charge in [-0.25, -0.2) is 0 Å². The molecule has 7 heteroatoms. The molecule has 116 valence electrons. The van der Waals surface area contributed by atoms with Crippen LogP contribution in [0.5, 0.6) is 5.88 Å². The first-order chi connectivity index (χ1) is 10.5. The molecule has 0 amide bonds. The van der Waals surface area contributed by atoms with Gasteiger partial charge < -0.3 is 5.11 Å². The van der Waals surface area contributed by atoms with E-state index in [1.54, 1.807) is 0 Å². The topological polar surface area (TPSA) is 59.5 Å². The zero-order valence-corrected chi connectivity index (χ0v) is 14.7. The van der Waals surface area contributed by atoms with Gasteiger partial charge in [0.15, 0.2) is 4.77 Å². The van der Waals surface area contributed by atoms with E-state index in [4.69, 9.17) is 12.2 Å². The van der Waals surface area contributed by atoms with Crippen molar-refractivity contribution in [1.82, 2.24) is 9.13 Å². The van der Waals surface area contributed by atoms with Gasteiger partial charge in [0.25, 0.3) is 5.56 Å². The molecule has 0 saturated carbocycles. The first-order valence-electron chi connectivity index (χ1n) is 6.85. The van der Waals surface area contributed by atoms with E-state index in [-0.39, 0.29) is 17.0 Å². The van der Waals surface area contributed by atoms with Gasteiger partial charge in [-0.1, -0.05) is 15.9 Å². The molecule has 0 saturated heterocycles. The Morgan fingerprint density at radius 3 is 2.36 bits per heavy atom. The summed E-state index contributed by atoms with van der Waals surface area (Å²) in [5.41, 5.74) is 0.492. The summed E-state index contributed by atoms with van der Waals surface area (Å²) in [6.07, 6.45) is 1.38. The number of nitrogens with zero attached hydrogens (tertiary/aromatic N) is 3. The lowest BCUT2D eigenvalue weighted by atomic mass is 10.3. The first kappa shape index (κ1) is 16.6. The van der Waals surface area contributed by atoms with E-state index in [9.17, 15) is 9.90 Å². The maximum atomic E-state index is 12.4. The van der Waals surface area contributed by atoms with Gasteiger partial charge in [-0.05, 0) is 50.3 Å². The molecule has 0 bridgehead atoms. The highest BCUT2D eigenvalue weighted by Crippen LogP contribution is 2.18. The summed E-state index contributed by atoms with van der Waals surface area (Å²) >= 11 is 8.58. The lowest BCUT2D eigenvalue weighted by Crippen LogP contribution is -2.27. The van der Waals surface area contributed by atoms with Crippen LogP contribution < -0.4 is 5.56 Å². The van der Waals surface area contributed by atoms with Crippen LogP contribution in [0.4, 0.5) is 5.69 Å². The normalized spacial score (nSPS) is 11.2. The number of aliphatic imine (C=N–C) groups is 1. The van der Waals surface area contributed by atoms with Gasteiger partial charge in [0, 0.05) is 23.8 Å². The van der Waals surface area contributed by atoms with Crippen LogP contribution in [0.25, 0.3) is 0 Å². The molecule has 0 spiro atoms. The highest BCUT2D eigenvalue weighted by Gasteiger charge is 2.13. The molecule has 0 fully saturated rings. The largest absolute Gasteiger partial charge is 0.494 e. The maximum Gasteiger partial charge on any atom is 0.267 e. The number of hydrogen-bond donors (Lipinski definition) is 1. The van der Waals surface area contributed by atoms with Crippen molar-refractivity contribution in [1.29, 1.82) is 0 Å². The molecule has 1 aromatic carbocycles. The van der Waals surface area contributed by atoms with Crippen LogP contribution in [0.3, 0.4) is 0 Å². The molecule has 0 unspecified atom stereocenters. The minimum absolute atomic E-state index is 0.139. The minimum Gasteiger partial charge on any atom is -0.494 e. The average Bonchev–Trinajstić information content (AvgIpc) is 2.50. The van der Waals surface area contributed by atoms with E-state index in [1.165, 1.54) is 15.3 Å². The molecule has 0 aliphatic carbocycles. The van der Waals surface area contributed by atoms with E-state index < -0.39 is 0 Å². The minimum atomic E-state index is -0.337. The van der Waals surface area contributed by atoms with E-state index in [1.807, 2.05) is 38.1 Å². The number of rotatable bonds is 4. The van der Waals surface area contributed by atoms with E-state index in [0.717, 1.165) is 4.47 Å². The summed E-state index contributed by atoms with van der Waals surface area (Å²) in [7, 11) is 0. The highest BCUT2D eigenvalue weighted by molar-refractivity contribution is 9.10. The molecule has 1 N–H and O–H groups in total. The van der Waals surface area contributed by atoms with Gasteiger partial charge >= 0.3 is 0 Å². The zero-order chi connectivity index (χ0) is 16.3. The third-order valence-electron chi connectivity index (χ3n) is 3.24. The molecule has 2 rings (SSSR count). The second-order valence-electron chi connectivity index (χ2n) is 4.55. The van der Waals surface area contributed by atoms with Gasteiger partial charge in [-0.2, -0.15) is 0 Å². The van der Waals surface area contributed by atoms with E-state index in [0.29, 0.717) is 23.5 Å². The van der Waals surface area contributed by atoms with Gasteiger partial charge in [0.1, 0.15) is 5.56 Å². The molecule has 22 heavy (non-hydrogen) atoms. The van der Waals surface area contributed by atoms with Crippen LogP contribution in [0, 0.1) is 4.77 Å². The quantitative estimate of drug-likeness (QED) is 0.649. The van der Waals surface area contributed by atoms with Crippen molar-refractivity contribution >= 4 is 40.0 Å². The number of aromatic nitrogens is 2. The van der Waals surface area contributed by atoms with Crippen molar-refractivity contribution in [2.75, 3.05) is 0 Å². The van der Waals surface area contributed by atoms with E-state index >= 15 is 0 Å². The number of benzene rings is 1. The van der Waals surface area contributed by atoms with Crippen LogP contribution in [-0.4, -0.2) is 20.5 Å². The fourth-order valence-corrected chi connectivity index (χ4v) is 2.74. The van der Waals surface area contributed by atoms with Crippen LogP contribution in [0.2, 0.25) is 0 Å². The molecular weight excluding hydrogens is 366 g/mol. The zero-order valence-electron chi connectivity index (χ0n) is 12.3. The molecule has 1 aromatic heterocycles. The number of hydrogen-bond acceptors (Lipinski definition) is 4. The monoisotopic (exact) mass is 381 g/mol. The van der Waals surface area contributed by atoms with Gasteiger partial charge in [-0.3, -0.25) is 18.9 Å². The average molecular weight is 382 g/mol. The summed E-state index contributed by atoms with van der Waals surface area (Å²) in [6.45, 7) is 4.61. The Hall–Kier alpha value is -1.73. The summed E-state index contributed by atoms with van der Waals surface area (Å²) in [4.78, 5) is 16.7. The highest BCUT2D eigenvalue weighted by atomic mass is 79.9.